The molecule has 1 aliphatic heterocycles. The molecule has 1 aromatic rings. The van der Waals surface area contributed by atoms with Gasteiger partial charge < -0.3 is 20.1 Å². The fraction of sp³-hybridized carbons (Fsp3) is 0.765. The highest BCUT2D eigenvalue weighted by molar-refractivity contribution is 14.0. The second kappa shape index (κ2) is 10.9. The van der Waals surface area contributed by atoms with E-state index in [0.29, 0.717) is 18.4 Å². The van der Waals surface area contributed by atoms with E-state index in [0.717, 1.165) is 30.5 Å². The van der Waals surface area contributed by atoms with Crippen LogP contribution in [0.1, 0.15) is 51.0 Å². The predicted molar refractivity (Wildman–Crippen MR) is 109 cm³/mol. The summed E-state index contributed by atoms with van der Waals surface area (Å²) in [5.41, 5.74) is 0.990. The highest BCUT2D eigenvalue weighted by atomic mass is 127. The number of nitrogens with one attached hydrogen (secondary N) is 2. The van der Waals surface area contributed by atoms with E-state index >= 15 is 0 Å². The fourth-order valence-electron chi connectivity index (χ4n) is 2.82. The van der Waals surface area contributed by atoms with E-state index in [1.165, 1.54) is 25.9 Å². The van der Waals surface area contributed by atoms with Crippen LogP contribution in [0.15, 0.2) is 15.6 Å². The molecular formula is C17H32IN5O. The van der Waals surface area contributed by atoms with Crippen molar-refractivity contribution in [2.45, 2.75) is 46.1 Å². The number of aliphatic imine (C=N–C) groups is 1. The van der Waals surface area contributed by atoms with Gasteiger partial charge in [0.1, 0.15) is 0 Å². The molecular weight excluding hydrogens is 417 g/mol. The van der Waals surface area contributed by atoms with Gasteiger partial charge in [0.2, 0.25) is 0 Å². The van der Waals surface area contributed by atoms with Gasteiger partial charge in [0, 0.05) is 26.2 Å². The molecule has 1 aromatic heterocycles. The molecule has 2 N–H and O–H groups in total. The molecule has 1 unspecified atom stereocenters. The van der Waals surface area contributed by atoms with Gasteiger partial charge >= 0.3 is 0 Å². The summed E-state index contributed by atoms with van der Waals surface area (Å²) in [6.07, 6.45) is 2.69. The molecule has 1 atom stereocenters. The summed E-state index contributed by atoms with van der Waals surface area (Å²) in [4.78, 5) is 6.81. The van der Waals surface area contributed by atoms with Gasteiger partial charge in [0.25, 0.3) is 0 Å². The van der Waals surface area contributed by atoms with Crippen molar-refractivity contribution < 1.29 is 4.52 Å². The molecule has 1 saturated heterocycles. The first kappa shape index (κ1) is 21.2. The van der Waals surface area contributed by atoms with Crippen LogP contribution in [0.25, 0.3) is 0 Å². The van der Waals surface area contributed by atoms with Crippen molar-refractivity contribution in [2.75, 3.05) is 33.2 Å². The maximum atomic E-state index is 5.33. The summed E-state index contributed by atoms with van der Waals surface area (Å²) < 4.78 is 5.33. The van der Waals surface area contributed by atoms with Crippen molar-refractivity contribution in [2.24, 2.45) is 10.9 Å². The first-order chi connectivity index (χ1) is 11.1. The largest absolute Gasteiger partial charge is 0.359 e. The van der Waals surface area contributed by atoms with Gasteiger partial charge in [-0.3, -0.25) is 4.99 Å². The molecule has 0 spiro atoms. The van der Waals surface area contributed by atoms with E-state index in [4.69, 9.17) is 4.52 Å². The maximum absolute atomic E-state index is 5.33. The number of hydrogen-bond acceptors (Lipinski definition) is 4. The third-order valence-corrected chi connectivity index (χ3v) is 4.21. The first-order valence-corrected chi connectivity index (χ1v) is 8.71. The van der Waals surface area contributed by atoms with E-state index in [-0.39, 0.29) is 24.0 Å². The summed E-state index contributed by atoms with van der Waals surface area (Å²) in [5.74, 6) is 2.63. The lowest BCUT2D eigenvalue weighted by molar-refractivity contribution is 0.287. The molecule has 0 radical (unpaired) electrons. The number of guanidine groups is 1. The minimum absolute atomic E-state index is 0. The van der Waals surface area contributed by atoms with Crippen molar-refractivity contribution in [1.82, 2.24) is 20.7 Å². The normalized spacial score (nSPS) is 17.0. The number of likely N-dealkylation sites (tertiary alicyclic amines) is 1. The monoisotopic (exact) mass is 449 g/mol. The van der Waals surface area contributed by atoms with Crippen LogP contribution in [0.2, 0.25) is 0 Å². The molecule has 7 heteroatoms. The van der Waals surface area contributed by atoms with Gasteiger partial charge in [-0.05, 0) is 37.8 Å². The number of nitrogens with zero attached hydrogens (tertiary/aromatic N) is 3. The minimum Gasteiger partial charge on any atom is -0.359 e. The van der Waals surface area contributed by atoms with Crippen LogP contribution >= 0.6 is 24.0 Å². The molecule has 0 bridgehead atoms. The molecule has 1 fully saturated rings. The molecule has 6 nitrogen and oxygen atoms in total. The lowest BCUT2D eigenvalue weighted by atomic mass is 10.1. The van der Waals surface area contributed by atoms with Crippen LogP contribution in [0, 0.1) is 5.92 Å². The molecule has 2 heterocycles. The van der Waals surface area contributed by atoms with Crippen LogP contribution in [0.4, 0.5) is 0 Å². The number of aromatic nitrogens is 1. The quantitative estimate of drug-likeness (QED) is 0.381. The smallest absolute Gasteiger partial charge is 0.191 e. The van der Waals surface area contributed by atoms with Gasteiger partial charge in [-0.15, -0.1) is 24.0 Å². The zero-order valence-electron chi connectivity index (χ0n) is 15.3. The Morgan fingerprint density at radius 1 is 1.29 bits per heavy atom. The average molecular weight is 449 g/mol. The fourth-order valence-corrected chi connectivity index (χ4v) is 2.82. The highest BCUT2D eigenvalue weighted by Gasteiger charge is 2.15. The zero-order valence-corrected chi connectivity index (χ0v) is 17.7. The Morgan fingerprint density at radius 3 is 2.58 bits per heavy atom. The number of rotatable bonds is 7. The van der Waals surface area contributed by atoms with Crippen LogP contribution in [0.3, 0.4) is 0 Å². The molecule has 0 aromatic carbocycles. The van der Waals surface area contributed by atoms with Crippen molar-refractivity contribution in [3.8, 4) is 0 Å². The Morgan fingerprint density at radius 2 is 2.00 bits per heavy atom. The zero-order chi connectivity index (χ0) is 16.7. The van der Waals surface area contributed by atoms with E-state index in [2.05, 4.69) is 46.5 Å². The molecule has 0 aliphatic carbocycles. The van der Waals surface area contributed by atoms with Gasteiger partial charge in [-0.2, -0.15) is 0 Å². The number of hydrogen-bond donors (Lipinski definition) is 2. The topological polar surface area (TPSA) is 65.7 Å². The van der Waals surface area contributed by atoms with Gasteiger partial charge in [-0.1, -0.05) is 25.9 Å². The van der Waals surface area contributed by atoms with Crippen molar-refractivity contribution in [3.63, 3.8) is 0 Å². The van der Waals surface area contributed by atoms with Crippen LogP contribution in [0.5, 0.6) is 0 Å². The summed E-state index contributed by atoms with van der Waals surface area (Å²) in [5, 5.41) is 10.7. The Hall–Kier alpha value is -0.830. The molecule has 1 aliphatic rings. The Kier molecular flexibility index (Phi) is 9.65. The molecule has 0 saturated carbocycles. The average Bonchev–Trinajstić information content (AvgIpc) is 3.18. The summed E-state index contributed by atoms with van der Waals surface area (Å²) >= 11 is 0. The third kappa shape index (κ3) is 6.96. The third-order valence-electron chi connectivity index (χ3n) is 4.21. The predicted octanol–water partition coefficient (Wildman–Crippen LogP) is 2.81. The second-order valence-corrected chi connectivity index (χ2v) is 6.79. The van der Waals surface area contributed by atoms with Gasteiger partial charge in [0.05, 0.1) is 12.2 Å². The van der Waals surface area contributed by atoms with E-state index in [9.17, 15) is 0 Å². The van der Waals surface area contributed by atoms with Crippen LogP contribution in [-0.4, -0.2) is 49.2 Å². The summed E-state index contributed by atoms with van der Waals surface area (Å²) in [6, 6.07) is 2.00. The second-order valence-electron chi connectivity index (χ2n) is 6.79. The molecule has 0 amide bonds. The first-order valence-electron chi connectivity index (χ1n) is 8.71. The van der Waals surface area contributed by atoms with E-state index in [1.54, 1.807) is 7.05 Å². The van der Waals surface area contributed by atoms with Crippen LogP contribution < -0.4 is 10.6 Å². The van der Waals surface area contributed by atoms with Crippen molar-refractivity contribution in [3.05, 3.63) is 17.5 Å². The lowest BCUT2D eigenvalue weighted by Gasteiger charge is -2.21. The Labute approximate surface area is 162 Å². The lowest BCUT2D eigenvalue weighted by Crippen LogP contribution is -2.41. The highest BCUT2D eigenvalue weighted by Crippen LogP contribution is 2.13. The molecule has 2 rings (SSSR count). The Bertz CT molecular complexity index is 497. The molecule has 24 heavy (non-hydrogen) atoms. The van der Waals surface area contributed by atoms with Gasteiger partial charge in [0.15, 0.2) is 11.7 Å². The summed E-state index contributed by atoms with van der Waals surface area (Å²) in [7, 11) is 1.79. The van der Waals surface area contributed by atoms with E-state index in [1.807, 2.05) is 6.07 Å². The van der Waals surface area contributed by atoms with Crippen molar-refractivity contribution >= 4 is 29.9 Å². The number of halogens is 1. The van der Waals surface area contributed by atoms with Crippen molar-refractivity contribution in [1.29, 1.82) is 0 Å². The Balaban J connectivity index is 0.00000288. The minimum atomic E-state index is 0. The van der Waals surface area contributed by atoms with E-state index < -0.39 is 0 Å². The van der Waals surface area contributed by atoms with Gasteiger partial charge in [-0.25, -0.2) is 0 Å². The standard InChI is InChI=1S/C17H31N5O.HI/c1-13(2)16-9-15(23-21-16)11-20-17(18-4)19-10-14(3)12-22-7-5-6-8-22;/h9,13-14H,5-8,10-12H2,1-4H3,(H2,18,19,20);1H. The molecule has 138 valence electrons. The summed E-state index contributed by atoms with van der Waals surface area (Å²) in [6.45, 7) is 11.7. The maximum Gasteiger partial charge on any atom is 0.191 e. The van der Waals surface area contributed by atoms with Crippen LogP contribution in [-0.2, 0) is 6.54 Å². The SMILES string of the molecule is CN=C(NCc1cc(C(C)C)no1)NCC(C)CN1CCCC1.I.